The fourth-order valence-electron chi connectivity index (χ4n) is 2.48. The largest absolute Gasteiger partial charge is 0.497 e. The zero-order valence-corrected chi connectivity index (χ0v) is 16.6. The van der Waals surface area contributed by atoms with Crippen molar-refractivity contribution in [1.29, 1.82) is 0 Å². The topological polar surface area (TPSA) is 81.1 Å². The molecule has 0 aliphatic rings. The van der Waals surface area contributed by atoms with Crippen LogP contribution in [0.4, 0.5) is 24.5 Å². The highest BCUT2D eigenvalue weighted by molar-refractivity contribution is 9.10. The molecule has 2 N–H and O–H groups in total. The second-order valence-electron chi connectivity index (χ2n) is 5.82. The van der Waals surface area contributed by atoms with Crippen LogP contribution < -0.4 is 15.4 Å². The van der Waals surface area contributed by atoms with Crippen molar-refractivity contribution in [2.45, 2.75) is 6.18 Å². The van der Waals surface area contributed by atoms with Crippen LogP contribution in [0, 0.1) is 0 Å². The molecule has 29 heavy (non-hydrogen) atoms. The fourth-order valence-corrected chi connectivity index (χ4v) is 2.87. The Morgan fingerprint density at radius 3 is 2.66 bits per heavy atom. The summed E-state index contributed by atoms with van der Waals surface area (Å²) in [4.78, 5) is 16.2. The van der Waals surface area contributed by atoms with E-state index >= 15 is 0 Å². The Morgan fingerprint density at radius 2 is 2.00 bits per heavy atom. The lowest BCUT2D eigenvalue weighted by molar-refractivity contribution is -0.137. The summed E-state index contributed by atoms with van der Waals surface area (Å²) < 4.78 is 46.4. The molecule has 0 spiro atoms. The molecule has 0 saturated carbocycles. The lowest BCUT2D eigenvalue weighted by Gasteiger charge is -2.15. The first-order valence-corrected chi connectivity index (χ1v) is 9.01. The molecule has 0 radical (unpaired) electrons. The molecule has 0 aliphatic heterocycles. The zero-order valence-electron chi connectivity index (χ0n) is 15.0. The predicted octanol–water partition coefficient (Wildman–Crippen LogP) is 4.11. The quantitative estimate of drug-likeness (QED) is 0.567. The maximum absolute atomic E-state index is 13.1. The monoisotopic (exact) mass is 469 g/mol. The first-order chi connectivity index (χ1) is 13.8. The van der Waals surface area contributed by atoms with Gasteiger partial charge in [0.15, 0.2) is 0 Å². The van der Waals surface area contributed by atoms with E-state index in [1.807, 2.05) is 0 Å². The van der Waals surface area contributed by atoms with Crippen LogP contribution in [-0.2, 0) is 11.0 Å². The number of amides is 1. The molecule has 1 amide bonds. The molecule has 0 saturated heterocycles. The van der Waals surface area contributed by atoms with Crippen LogP contribution in [0.15, 0.2) is 53.5 Å². The first kappa shape index (κ1) is 20.6. The highest BCUT2D eigenvalue weighted by atomic mass is 79.9. The number of hydrogen-bond acceptors (Lipinski definition) is 5. The standard InChI is InChI=1S/C18H15BrF3N5O2/c1-29-12-3-4-13(19)14(7-12)24-8-17(28)26-15-6-11(18(20,21)22)2-5-16(15)27-10-23-9-25-27/h2-7,9-10,24H,8H2,1H3,(H,26,28). The molecule has 1 heterocycles. The van der Waals surface area contributed by atoms with Crippen LogP contribution in [-0.4, -0.2) is 34.3 Å². The van der Waals surface area contributed by atoms with Gasteiger partial charge in [-0.3, -0.25) is 4.79 Å². The number of methoxy groups -OCH3 is 1. The van der Waals surface area contributed by atoms with Crippen LogP contribution in [0.5, 0.6) is 5.75 Å². The number of rotatable bonds is 6. The Kier molecular flexibility index (Phi) is 6.06. The molecule has 3 rings (SSSR count). The van der Waals surface area contributed by atoms with Crippen molar-refractivity contribution in [3.63, 3.8) is 0 Å². The summed E-state index contributed by atoms with van der Waals surface area (Å²) in [5.41, 5.74) is -0.0755. The Balaban J connectivity index is 1.80. The van der Waals surface area contributed by atoms with Gasteiger partial charge in [0.1, 0.15) is 18.4 Å². The summed E-state index contributed by atoms with van der Waals surface area (Å²) >= 11 is 3.35. The summed E-state index contributed by atoms with van der Waals surface area (Å²) in [6, 6.07) is 8.16. The maximum atomic E-state index is 13.1. The van der Waals surface area contributed by atoms with E-state index in [-0.39, 0.29) is 17.9 Å². The minimum absolute atomic E-state index is 0.0400. The number of anilines is 2. The molecule has 152 valence electrons. The molecule has 2 aromatic carbocycles. The third-order valence-corrected chi connectivity index (χ3v) is 4.57. The Morgan fingerprint density at radius 1 is 1.21 bits per heavy atom. The molecular formula is C18H15BrF3N5O2. The van der Waals surface area contributed by atoms with Crippen LogP contribution >= 0.6 is 15.9 Å². The van der Waals surface area contributed by atoms with Crippen LogP contribution in [0.25, 0.3) is 5.69 Å². The van der Waals surface area contributed by atoms with E-state index in [1.54, 1.807) is 18.2 Å². The molecule has 0 unspecified atom stereocenters. The summed E-state index contributed by atoms with van der Waals surface area (Å²) in [5, 5.41) is 9.31. The normalized spacial score (nSPS) is 11.2. The van der Waals surface area contributed by atoms with Gasteiger partial charge in [0, 0.05) is 10.5 Å². The van der Waals surface area contributed by atoms with Gasteiger partial charge in [-0.25, -0.2) is 9.67 Å². The third kappa shape index (κ3) is 5.05. The summed E-state index contributed by atoms with van der Waals surface area (Å²) in [6.45, 7) is -0.182. The Labute approximate surface area is 172 Å². The van der Waals surface area contributed by atoms with Gasteiger partial charge in [0.25, 0.3) is 0 Å². The van der Waals surface area contributed by atoms with Crippen LogP contribution in [0.2, 0.25) is 0 Å². The van der Waals surface area contributed by atoms with E-state index in [0.717, 1.165) is 12.1 Å². The summed E-state index contributed by atoms with van der Waals surface area (Å²) in [6.07, 6.45) is -1.99. The minimum atomic E-state index is -4.55. The smallest absolute Gasteiger partial charge is 0.416 e. The first-order valence-electron chi connectivity index (χ1n) is 8.21. The Bertz CT molecular complexity index is 1010. The van der Waals surface area contributed by atoms with Crippen molar-refractivity contribution in [2.75, 3.05) is 24.3 Å². The number of aromatic nitrogens is 3. The van der Waals surface area contributed by atoms with Gasteiger partial charge in [0.05, 0.1) is 36.3 Å². The second-order valence-corrected chi connectivity index (χ2v) is 6.67. The number of nitrogens with zero attached hydrogens (tertiary/aromatic N) is 3. The van der Waals surface area contributed by atoms with Gasteiger partial charge >= 0.3 is 6.18 Å². The fraction of sp³-hybridized carbons (Fsp3) is 0.167. The molecule has 0 bridgehead atoms. The number of benzene rings is 2. The minimum Gasteiger partial charge on any atom is -0.497 e. The van der Waals surface area contributed by atoms with Gasteiger partial charge in [-0.1, -0.05) is 0 Å². The molecule has 0 aliphatic carbocycles. The lowest BCUT2D eigenvalue weighted by Crippen LogP contribution is -2.23. The summed E-state index contributed by atoms with van der Waals surface area (Å²) in [5.74, 6) is 0.0443. The van der Waals surface area contributed by atoms with Crippen molar-refractivity contribution in [3.8, 4) is 11.4 Å². The number of hydrogen-bond donors (Lipinski definition) is 2. The van der Waals surface area contributed by atoms with Crippen molar-refractivity contribution in [3.05, 3.63) is 59.1 Å². The predicted molar refractivity (Wildman–Crippen MR) is 104 cm³/mol. The van der Waals surface area contributed by atoms with E-state index < -0.39 is 17.6 Å². The van der Waals surface area contributed by atoms with Crippen molar-refractivity contribution in [2.24, 2.45) is 0 Å². The number of carbonyl (C=O) groups excluding carboxylic acids is 1. The summed E-state index contributed by atoms with van der Waals surface area (Å²) in [7, 11) is 1.51. The third-order valence-electron chi connectivity index (χ3n) is 3.88. The van der Waals surface area contributed by atoms with E-state index in [0.29, 0.717) is 15.9 Å². The van der Waals surface area contributed by atoms with Gasteiger partial charge in [-0.15, -0.1) is 0 Å². The average molecular weight is 470 g/mol. The van der Waals surface area contributed by atoms with Gasteiger partial charge < -0.3 is 15.4 Å². The Hall–Kier alpha value is -3.08. The van der Waals surface area contributed by atoms with E-state index in [2.05, 4.69) is 36.6 Å². The van der Waals surface area contributed by atoms with Crippen molar-refractivity contribution >= 4 is 33.2 Å². The van der Waals surface area contributed by atoms with Gasteiger partial charge in [0.2, 0.25) is 5.91 Å². The number of carbonyl (C=O) groups is 1. The van der Waals surface area contributed by atoms with Gasteiger partial charge in [-0.2, -0.15) is 18.3 Å². The van der Waals surface area contributed by atoms with Crippen LogP contribution in [0.1, 0.15) is 5.56 Å². The second kappa shape index (κ2) is 8.52. The number of ether oxygens (including phenoxy) is 1. The number of alkyl halides is 3. The molecule has 7 nitrogen and oxygen atoms in total. The lowest BCUT2D eigenvalue weighted by atomic mass is 10.1. The van der Waals surface area contributed by atoms with E-state index in [1.165, 1.54) is 30.5 Å². The average Bonchev–Trinajstić information content (AvgIpc) is 3.21. The molecular weight excluding hydrogens is 455 g/mol. The van der Waals surface area contributed by atoms with Crippen molar-refractivity contribution < 1.29 is 22.7 Å². The van der Waals surface area contributed by atoms with Crippen LogP contribution in [0.3, 0.4) is 0 Å². The molecule has 3 aromatic rings. The molecule has 0 atom stereocenters. The van der Waals surface area contributed by atoms with Gasteiger partial charge in [-0.05, 0) is 46.3 Å². The van der Waals surface area contributed by atoms with Crippen molar-refractivity contribution in [1.82, 2.24) is 14.8 Å². The molecule has 0 fully saturated rings. The van der Waals surface area contributed by atoms with E-state index in [4.69, 9.17) is 4.74 Å². The number of halogens is 4. The SMILES string of the molecule is COc1ccc(Br)c(NCC(=O)Nc2cc(C(F)(F)F)ccc2-n2cncn2)c1. The van der Waals surface area contributed by atoms with E-state index in [9.17, 15) is 18.0 Å². The molecule has 1 aromatic heterocycles. The molecule has 11 heteroatoms. The highest BCUT2D eigenvalue weighted by Gasteiger charge is 2.31. The number of nitrogens with one attached hydrogen (secondary N) is 2. The zero-order chi connectivity index (χ0) is 21.0. The highest BCUT2D eigenvalue weighted by Crippen LogP contribution is 2.33. The maximum Gasteiger partial charge on any atom is 0.416 e.